The molecule has 1 amide bonds. The Hall–Kier alpha value is -2.56. The van der Waals surface area contributed by atoms with Crippen LogP contribution in [0.1, 0.15) is 20.9 Å². The minimum Gasteiger partial charge on any atom is -0.425 e. The quantitative estimate of drug-likeness (QED) is 0.815. The second-order valence-corrected chi connectivity index (χ2v) is 3.24. The average Bonchev–Trinajstić information content (AvgIpc) is 2.77. The van der Waals surface area contributed by atoms with E-state index in [0.29, 0.717) is 6.29 Å². The Morgan fingerprint density at radius 2 is 2.00 bits per heavy atom. The molecule has 0 saturated heterocycles. The number of primary amides is 1. The fraction of sp³-hybridized carbons (Fsp3) is 0. The fourth-order valence-electron chi connectivity index (χ4n) is 1.32. The molecule has 2 aromatic rings. The van der Waals surface area contributed by atoms with Crippen molar-refractivity contribution >= 4 is 12.2 Å². The predicted octanol–water partition coefficient (Wildman–Crippen LogP) is 1.98. The number of aldehydes is 1. The highest BCUT2D eigenvalue weighted by atomic mass is 16.6. The summed E-state index contributed by atoms with van der Waals surface area (Å²) in [6, 6.07) is 9.46. The lowest BCUT2D eigenvalue weighted by atomic mass is 10.2. The molecule has 0 saturated carbocycles. The first kappa shape index (κ1) is 10.9. The lowest BCUT2D eigenvalue weighted by Crippen LogP contribution is -2.11. The van der Waals surface area contributed by atoms with Crippen molar-refractivity contribution in [3.8, 4) is 11.7 Å². The molecule has 1 aromatic carbocycles. The molecule has 0 radical (unpaired) electrons. The van der Waals surface area contributed by atoms with Gasteiger partial charge in [0.2, 0.25) is 0 Å². The van der Waals surface area contributed by atoms with E-state index < -0.39 is 5.91 Å². The maximum Gasteiger partial charge on any atom is 0.290 e. The van der Waals surface area contributed by atoms with Crippen LogP contribution < -0.4 is 10.5 Å². The number of hydrogen-bond acceptors (Lipinski definition) is 4. The van der Waals surface area contributed by atoms with Gasteiger partial charge < -0.3 is 14.9 Å². The van der Waals surface area contributed by atoms with Gasteiger partial charge in [0.15, 0.2) is 12.0 Å². The maximum absolute atomic E-state index is 11.1. The summed E-state index contributed by atoms with van der Waals surface area (Å²) in [7, 11) is 0. The zero-order chi connectivity index (χ0) is 12.3. The van der Waals surface area contributed by atoms with Crippen molar-refractivity contribution in [1.29, 1.82) is 0 Å². The van der Waals surface area contributed by atoms with Gasteiger partial charge in [0.05, 0.1) is 5.56 Å². The average molecular weight is 231 g/mol. The second-order valence-electron chi connectivity index (χ2n) is 3.24. The molecular formula is C12H9NO4. The largest absolute Gasteiger partial charge is 0.425 e. The van der Waals surface area contributed by atoms with E-state index in [4.69, 9.17) is 14.9 Å². The van der Waals surface area contributed by atoms with E-state index >= 15 is 0 Å². The Balaban J connectivity index is 2.29. The van der Waals surface area contributed by atoms with Gasteiger partial charge in [-0.2, -0.15) is 0 Å². The fourth-order valence-corrected chi connectivity index (χ4v) is 1.32. The van der Waals surface area contributed by atoms with E-state index in [-0.39, 0.29) is 23.0 Å². The molecule has 1 heterocycles. The van der Waals surface area contributed by atoms with Crippen LogP contribution in [-0.4, -0.2) is 12.2 Å². The molecule has 0 aliphatic heterocycles. The minimum absolute atomic E-state index is 0.126. The number of benzene rings is 1. The Morgan fingerprint density at radius 3 is 2.65 bits per heavy atom. The summed E-state index contributed by atoms with van der Waals surface area (Å²) in [4.78, 5) is 21.6. The van der Waals surface area contributed by atoms with Crippen molar-refractivity contribution in [2.24, 2.45) is 5.73 Å². The summed E-state index contributed by atoms with van der Waals surface area (Å²) in [5.74, 6) is -0.0353. The number of nitrogens with two attached hydrogens (primary N) is 1. The summed E-state index contributed by atoms with van der Waals surface area (Å²) in [5, 5.41) is 0. The number of para-hydroxylation sites is 1. The third kappa shape index (κ3) is 2.34. The highest BCUT2D eigenvalue weighted by Gasteiger charge is 2.11. The minimum atomic E-state index is -0.595. The van der Waals surface area contributed by atoms with E-state index in [1.807, 2.05) is 0 Å². The summed E-state index contributed by atoms with van der Waals surface area (Å²) in [5.41, 5.74) is 5.44. The normalized spacial score (nSPS) is 9.88. The van der Waals surface area contributed by atoms with Crippen LogP contribution in [0.4, 0.5) is 0 Å². The van der Waals surface area contributed by atoms with Crippen LogP contribution in [0.15, 0.2) is 40.8 Å². The lowest BCUT2D eigenvalue weighted by Gasteiger charge is -2.05. The van der Waals surface area contributed by atoms with Crippen molar-refractivity contribution in [3.05, 3.63) is 47.7 Å². The van der Waals surface area contributed by atoms with Crippen molar-refractivity contribution in [3.63, 3.8) is 0 Å². The smallest absolute Gasteiger partial charge is 0.290 e. The molecule has 0 spiro atoms. The van der Waals surface area contributed by atoms with Gasteiger partial charge in [-0.1, -0.05) is 12.1 Å². The molecule has 0 unspecified atom stereocenters. The molecule has 0 fully saturated rings. The highest BCUT2D eigenvalue weighted by Crippen LogP contribution is 2.26. The van der Waals surface area contributed by atoms with Crippen molar-refractivity contribution in [1.82, 2.24) is 0 Å². The zero-order valence-electron chi connectivity index (χ0n) is 8.75. The van der Waals surface area contributed by atoms with Crippen LogP contribution in [0.25, 0.3) is 0 Å². The lowest BCUT2D eigenvalue weighted by molar-refractivity contribution is 0.0996. The van der Waals surface area contributed by atoms with Gasteiger partial charge in [0.1, 0.15) is 5.75 Å². The van der Waals surface area contributed by atoms with Gasteiger partial charge in [-0.3, -0.25) is 9.59 Å². The highest BCUT2D eigenvalue weighted by molar-refractivity contribution is 5.95. The number of ether oxygens (including phenoxy) is 1. The SMILES string of the molecule is NC(=O)c1ccccc1Oc1ccc(C=O)o1. The van der Waals surface area contributed by atoms with Gasteiger partial charge >= 0.3 is 0 Å². The molecular weight excluding hydrogens is 222 g/mol. The predicted molar refractivity (Wildman–Crippen MR) is 59.1 cm³/mol. The van der Waals surface area contributed by atoms with Crippen LogP contribution >= 0.6 is 0 Å². The van der Waals surface area contributed by atoms with E-state index in [2.05, 4.69) is 0 Å². The molecule has 2 N–H and O–H groups in total. The van der Waals surface area contributed by atoms with Crippen LogP contribution in [-0.2, 0) is 0 Å². The van der Waals surface area contributed by atoms with Crippen LogP contribution in [0.5, 0.6) is 11.7 Å². The van der Waals surface area contributed by atoms with Crippen LogP contribution in [0, 0.1) is 0 Å². The molecule has 1 aromatic heterocycles. The molecule has 5 heteroatoms. The third-order valence-corrected chi connectivity index (χ3v) is 2.08. The van der Waals surface area contributed by atoms with Crippen molar-refractivity contribution in [2.75, 3.05) is 0 Å². The van der Waals surface area contributed by atoms with Gasteiger partial charge in [-0.25, -0.2) is 0 Å². The van der Waals surface area contributed by atoms with Crippen molar-refractivity contribution in [2.45, 2.75) is 0 Å². The van der Waals surface area contributed by atoms with Gasteiger partial charge in [0.25, 0.3) is 11.9 Å². The maximum atomic E-state index is 11.1. The summed E-state index contributed by atoms with van der Waals surface area (Å²) >= 11 is 0. The number of rotatable bonds is 4. The Labute approximate surface area is 96.8 Å². The first-order valence-electron chi connectivity index (χ1n) is 4.82. The van der Waals surface area contributed by atoms with E-state index in [9.17, 15) is 9.59 Å². The summed E-state index contributed by atoms with van der Waals surface area (Å²) < 4.78 is 10.4. The first-order chi connectivity index (χ1) is 8.20. The molecule has 0 aliphatic rings. The topological polar surface area (TPSA) is 82.5 Å². The summed E-state index contributed by atoms with van der Waals surface area (Å²) in [6.45, 7) is 0. The molecule has 5 nitrogen and oxygen atoms in total. The molecule has 86 valence electrons. The molecule has 0 atom stereocenters. The Kier molecular flexibility index (Phi) is 2.91. The molecule has 2 rings (SSSR count). The van der Waals surface area contributed by atoms with Gasteiger partial charge in [0, 0.05) is 6.07 Å². The van der Waals surface area contributed by atoms with Crippen LogP contribution in [0.3, 0.4) is 0 Å². The Bertz CT molecular complexity index is 559. The molecule has 0 aliphatic carbocycles. The number of hydrogen-bond donors (Lipinski definition) is 1. The first-order valence-corrected chi connectivity index (χ1v) is 4.82. The van der Waals surface area contributed by atoms with E-state index in [0.717, 1.165) is 0 Å². The number of carbonyl (C=O) groups excluding carboxylic acids is 2. The van der Waals surface area contributed by atoms with Crippen molar-refractivity contribution < 1.29 is 18.7 Å². The second kappa shape index (κ2) is 4.52. The third-order valence-electron chi connectivity index (χ3n) is 2.08. The van der Waals surface area contributed by atoms with Gasteiger partial charge in [-0.15, -0.1) is 0 Å². The Morgan fingerprint density at radius 1 is 1.24 bits per heavy atom. The number of amides is 1. The van der Waals surface area contributed by atoms with Gasteiger partial charge in [-0.05, 0) is 18.2 Å². The number of furan rings is 1. The monoisotopic (exact) mass is 231 g/mol. The molecule has 17 heavy (non-hydrogen) atoms. The standard InChI is InChI=1S/C12H9NO4/c13-12(15)9-3-1-2-4-10(9)17-11-6-5-8(7-14)16-11/h1-7H,(H2,13,15). The van der Waals surface area contributed by atoms with Crippen LogP contribution in [0.2, 0.25) is 0 Å². The zero-order valence-corrected chi connectivity index (χ0v) is 8.75. The molecule has 0 bridgehead atoms. The van der Waals surface area contributed by atoms with E-state index in [1.165, 1.54) is 12.1 Å². The van der Waals surface area contributed by atoms with E-state index in [1.54, 1.807) is 24.3 Å². The summed E-state index contributed by atoms with van der Waals surface area (Å²) in [6.07, 6.45) is 0.562. The number of carbonyl (C=O) groups is 2.